The van der Waals surface area contributed by atoms with E-state index in [0.717, 1.165) is 11.9 Å². The van der Waals surface area contributed by atoms with E-state index < -0.39 is 6.09 Å². The largest absolute Gasteiger partial charge is 0.449 e. The second kappa shape index (κ2) is 8.03. The Hall–Kier alpha value is -2.14. The highest BCUT2D eigenvalue weighted by atomic mass is 16.5. The lowest BCUT2D eigenvalue weighted by atomic mass is 10.2. The maximum absolute atomic E-state index is 10.1. The quantitative estimate of drug-likeness (QED) is 0.484. The lowest BCUT2D eigenvalue weighted by Crippen LogP contribution is -2.30. The van der Waals surface area contributed by atoms with Crippen molar-refractivity contribution in [1.29, 1.82) is 0 Å². The van der Waals surface area contributed by atoms with E-state index in [4.69, 9.17) is 0 Å². The van der Waals surface area contributed by atoms with E-state index in [9.17, 15) is 4.79 Å². The molecular formula is C13H17N3O2. The van der Waals surface area contributed by atoms with Gasteiger partial charge < -0.3 is 4.74 Å². The predicted molar refractivity (Wildman–Crippen MR) is 70.7 cm³/mol. The Morgan fingerprint density at radius 2 is 2.06 bits per heavy atom. The summed E-state index contributed by atoms with van der Waals surface area (Å²) in [5, 5.41) is 1.20. The number of nitrogens with two attached hydrogens (primary N) is 1. The molecule has 5 nitrogen and oxygen atoms in total. The minimum atomic E-state index is -0.577. The van der Waals surface area contributed by atoms with Crippen LogP contribution in [0, 0.1) is 0 Å². The van der Waals surface area contributed by atoms with E-state index in [-0.39, 0.29) is 0 Å². The molecule has 18 heavy (non-hydrogen) atoms. The third-order valence-corrected chi connectivity index (χ3v) is 2.07. The number of aromatic nitrogens is 1. The molecule has 0 aliphatic rings. The fourth-order valence-electron chi connectivity index (χ4n) is 1.25. The molecule has 0 saturated heterocycles. The van der Waals surface area contributed by atoms with Crippen LogP contribution in [0.5, 0.6) is 0 Å². The van der Waals surface area contributed by atoms with E-state index in [1.165, 1.54) is 5.39 Å². The SMILES string of the molecule is CCCOC(=O)NN.c1ccc2ncccc2c1. The number of fused-ring (bicyclic) bond motifs is 1. The van der Waals surface area contributed by atoms with Gasteiger partial charge in [-0.05, 0) is 18.6 Å². The second-order valence-corrected chi connectivity index (χ2v) is 3.48. The van der Waals surface area contributed by atoms with Crippen LogP contribution in [0.2, 0.25) is 0 Å². The molecule has 2 aromatic rings. The number of hydrogen-bond acceptors (Lipinski definition) is 4. The van der Waals surface area contributed by atoms with Crippen molar-refractivity contribution in [3.05, 3.63) is 42.6 Å². The van der Waals surface area contributed by atoms with Crippen LogP contribution in [0.25, 0.3) is 10.9 Å². The summed E-state index contributed by atoms with van der Waals surface area (Å²) in [7, 11) is 0. The number of benzene rings is 1. The van der Waals surface area contributed by atoms with Crippen molar-refractivity contribution in [3.63, 3.8) is 0 Å². The average Bonchev–Trinajstić information content (AvgIpc) is 2.45. The summed E-state index contributed by atoms with van der Waals surface area (Å²) >= 11 is 0. The zero-order valence-corrected chi connectivity index (χ0v) is 10.3. The number of carbonyl (C=O) groups excluding carboxylic acids is 1. The molecule has 2 rings (SSSR count). The average molecular weight is 247 g/mol. The summed E-state index contributed by atoms with van der Waals surface area (Å²) in [6, 6.07) is 12.1. The van der Waals surface area contributed by atoms with Gasteiger partial charge >= 0.3 is 6.09 Å². The Labute approximate surface area is 106 Å². The van der Waals surface area contributed by atoms with Crippen LogP contribution < -0.4 is 11.3 Å². The molecule has 0 bridgehead atoms. The third kappa shape index (κ3) is 4.80. The standard InChI is InChI=1S/C9H7N.C4H10N2O2/c1-2-6-9-8(4-1)5-3-7-10-9;1-2-3-8-4(7)6-5/h1-7H;2-3,5H2,1H3,(H,6,7). The number of pyridine rings is 1. The first-order valence-electron chi connectivity index (χ1n) is 5.71. The Bertz CT molecular complexity index is 423. The van der Waals surface area contributed by atoms with Crippen LogP contribution >= 0.6 is 0 Å². The van der Waals surface area contributed by atoms with Gasteiger partial charge in [0.2, 0.25) is 0 Å². The predicted octanol–water partition coefficient (Wildman–Crippen LogP) is 2.23. The van der Waals surface area contributed by atoms with Gasteiger partial charge in [-0.1, -0.05) is 31.2 Å². The molecule has 0 spiro atoms. The van der Waals surface area contributed by atoms with Gasteiger partial charge in [0.1, 0.15) is 0 Å². The Balaban J connectivity index is 0.000000187. The molecule has 96 valence electrons. The maximum atomic E-state index is 10.1. The van der Waals surface area contributed by atoms with Gasteiger partial charge in [0.15, 0.2) is 0 Å². The monoisotopic (exact) mass is 247 g/mol. The second-order valence-electron chi connectivity index (χ2n) is 3.48. The lowest BCUT2D eigenvalue weighted by Gasteiger charge is -1.98. The highest BCUT2D eigenvalue weighted by Crippen LogP contribution is 2.07. The minimum Gasteiger partial charge on any atom is -0.449 e. The molecule has 3 N–H and O–H groups in total. The molecule has 1 amide bonds. The smallest absolute Gasteiger partial charge is 0.421 e. The number of carbonyl (C=O) groups is 1. The summed E-state index contributed by atoms with van der Waals surface area (Å²) < 4.78 is 4.47. The molecular weight excluding hydrogens is 230 g/mol. The summed E-state index contributed by atoms with van der Waals surface area (Å²) in [6.45, 7) is 2.33. The molecule has 1 aromatic carbocycles. The first-order valence-corrected chi connectivity index (χ1v) is 5.71. The normalized spacial score (nSPS) is 9.22. The van der Waals surface area contributed by atoms with Crippen LogP contribution in [0.3, 0.4) is 0 Å². The van der Waals surface area contributed by atoms with Gasteiger partial charge in [0, 0.05) is 11.6 Å². The van der Waals surface area contributed by atoms with Gasteiger partial charge in [-0.3, -0.25) is 10.4 Å². The fourth-order valence-corrected chi connectivity index (χ4v) is 1.25. The van der Waals surface area contributed by atoms with Gasteiger partial charge in [0.25, 0.3) is 0 Å². The molecule has 1 aromatic heterocycles. The molecule has 0 unspecified atom stereocenters. The number of hydrogen-bond donors (Lipinski definition) is 2. The highest BCUT2D eigenvalue weighted by molar-refractivity contribution is 5.77. The molecule has 0 atom stereocenters. The van der Waals surface area contributed by atoms with E-state index in [0.29, 0.717) is 6.61 Å². The van der Waals surface area contributed by atoms with E-state index >= 15 is 0 Å². The number of nitrogens with one attached hydrogen (secondary N) is 1. The van der Waals surface area contributed by atoms with E-state index in [1.807, 2.05) is 42.8 Å². The minimum absolute atomic E-state index is 0.420. The van der Waals surface area contributed by atoms with Crippen LogP contribution in [0.4, 0.5) is 4.79 Å². The lowest BCUT2D eigenvalue weighted by molar-refractivity contribution is 0.146. The van der Waals surface area contributed by atoms with Gasteiger partial charge in [-0.2, -0.15) is 0 Å². The number of nitrogens with zero attached hydrogens (tertiary/aromatic N) is 1. The third-order valence-electron chi connectivity index (χ3n) is 2.07. The van der Waals surface area contributed by atoms with Crippen LogP contribution in [0.15, 0.2) is 42.6 Å². The summed E-state index contributed by atoms with van der Waals surface area (Å²) in [5.74, 6) is 4.69. The Kier molecular flexibility index (Phi) is 6.21. The number of hydrazine groups is 1. The van der Waals surface area contributed by atoms with Crippen molar-refractivity contribution in [1.82, 2.24) is 10.4 Å². The van der Waals surface area contributed by atoms with Gasteiger partial charge in [-0.15, -0.1) is 0 Å². The Morgan fingerprint density at radius 1 is 1.33 bits per heavy atom. The molecule has 0 radical (unpaired) electrons. The molecule has 0 fully saturated rings. The van der Waals surface area contributed by atoms with Crippen molar-refractivity contribution < 1.29 is 9.53 Å². The number of rotatable bonds is 2. The van der Waals surface area contributed by atoms with Crippen LogP contribution in [0.1, 0.15) is 13.3 Å². The number of para-hydroxylation sites is 1. The summed E-state index contributed by atoms with van der Waals surface area (Å²) in [4.78, 5) is 14.3. The zero-order valence-electron chi connectivity index (χ0n) is 10.3. The Morgan fingerprint density at radius 3 is 2.72 bits per heavy atom. The highest BCUT2D eigenvalue weighted by Gasteiger charge is 1.92. The van der Waals surface area contributed by atoms with E-state index in [2.05, 4.69) is 27.7 Å². The van der Waals surface area contributed by atoms with Crippen LogP contribution in [-0.4, -0.2) is 17.7 Å². The summed E-state index contributed by atoms with van der Waals surface area (Å²) in [5.41, 5.74) is 2.90. The van der Waals surface area contributed by atoms with Crippen molar-refractivity contribution >= 4 is 17.0 Å². The molecule has 0 aliphatic carbocycles. The first kappa shape index (κ1) is 13.9. The van der Waals surface area contributed by atoms with E-state index in [1.54, 1.807) is 0 Å². The summed E-state index contributed by atoms with van der Waals surface area (Å²) in [6.07, 6.45) is 2.04. The number of amides is 1. The van der Waals surface area contributed by atoms with Crippen molar-refractivity contribution in [2.75, 3.05) is 6.61 Å². The van der Waals surface area contributed by atoms with Crippen molar-refractivity contribution in [3.8, 4) is 0 Å². The number of ether oxygens (including phenoxy) is 1. The molecule has 0 aliphatic heterocycles. The molecule has 0 saturated carbocycles. The topological polar surface area (TPSA) is 77.2 Å². The molecule has 5 heteroatoms. The first-order chi connectivity index (χ1) is 8.77. The van der Waals surface area contributed by atoms with Gasteiger partial charge in [-0.25, -0.2) is 10.6 Å². The fraction of sp³-hybridized carbons (Fsp3) is 0.231. The van der Waals surface area contributed by atoms with Crippen molar-refractivity contribution in [2.24, 2.45) is 5.84 Å². The molecule has 1 heterocycles. The van der Waals surface area contributed by atoms with Crippen LogP contribution in [-0.2, 0) is 4.74 Å². The van der Waals surface area contributed by atoms with Crippen molar-refractivity contribution in [2.45, 2.75) is 13.3 Å². The van der Waals surface area contributed by atoms with Gasteiger partial charge in [0.05, 0.1) is 12.1 Å². The zero-order chi connectivity index (χ0) is 13.2. The maximum Gasteiger partial charge on any atom is 0.421 e.